The Balaban J connectivity index is 2.08. The summed E-state index contributed by atoms with van der Waals surface area (Å²) in [5, 5.41) is 41.3. The molecule has 0 bridgehead atoms. The van der Waals surface area contributed by atoms with Gasteiger partial charge in [-0.05, 0) is 17.7 Å². The lowest BCUT2D eigenvalue weighted by Gasteiger charge is -2.40. The molecule has 110 valence electrons. The number of nitrogens with one attached hydrogen (secondary N) is 1. The van der Waals surface area contributed by atoms with Crippen LogP contribution in [0, 0.1) is 0 Å². The van der Waals surface area contributed by atoms with E-state index in [1.165, 1.54) is 0 Å². The van der Waals surface area contributed by atoms with Crippen LogP contribution in [-0.2, 0) is 4.74 Å². The van der Waals surface area contributed by atoms with Crippen LogP contribution in [0.15, 0.2) is 30.8 Å². The minimum atomic E-state index is -1.38. The van der Waals surface area contributed by atoms with Crippen molar-refractivity contribution >= 4 is 11.8 Å². The van der Waals surface area contributed by atoms with E-state index in [0.29, 0.717) is 5.69 Å². The first-order valence-corrected chi connectivity index (χ1v) is 6.36. The molecule has 0 amide bonds. The summed E-state index contributed by atoms with van der Waals surface area (Å²) in [6.45, 7) is 3.21. The van der Waals surface area contributed by atoms with Crippen LogP contribution in [0.4, 0.5) is 5.69 Å². The van der Waals surface area contributed by atoms with Gasteiger partial charge in [0.15, 0.2) is 6.23 Å². The van der Waals surface area contributed by atoms with Gasteiger partial charge in [0, 0.05) is 5.69 Å². The van der Waals surface area contributed by atoms with E-state index < -0.39 is 37.3 Å². The van der Waals surface area contributed by atoms with Crippen molar-refractivity contribution in [1.29, 1.82) is 0 Å². The van der Waals surface area contributed by atoms with Crippen LogP contribution >= 0.6 is 0 Å². The fourth-order valence-corrected chi connectivity index (χ4v) is 2.10. The summed E-state index contributed by atoms with van der Waals surface area (Å²) in [4.78, 5) is 0. The summed E-state index contributed by atoms with van der Waals surface area (Å²) in [5.74, 6) is 0. The zero-order valence-corrected chi connectivity index (χ0v) is 10.9. The number of rotatable bonds is 4. The van der Waals surface area contributed by atoms with Crippen molar-refractivity contribution in [3.8, 4) is 0 Å². The van der Waals surface area contributed by atoms with Gasteiger partial charge in [0.05, 0.1) is 6.61 Å². The first kappa shape index (κ1) is 15.0. The molecule has 1 aliphatic heterocycles. The molecule has 5 atom stereocenters. The Labute approximate surface area is 116 Å². The van der Waals surface area contributed by atoms with E-state index in [0.717, 1.165) is 5.56 Å². The van der Waals surface area contributed by atoms with E-state index in [-0.39, 0.29) is 0 Å². The molecule has 6 heteroatoms. The highest BCUT2D eigenvalue weighted by molar-refractivity contribution is 5.53. The first-order chi connectivity index (χ1) is 9.56. The molecule has 1 heterocycles. The zero-order valence-electron chi connectivity index (χ0n) is 10.9. The Hall–Kier alpha value is -1.44. The summed E-state index contributed by atoms with van der Waals surface area (Å²) in [6, 6.07) is 7.22. The molecule has 1 unspecified atom stereocenters. The number of aliphatic hydroxyl groups excluding tert-OH is 4. The molecule has 0 radical (unpaired) electrons. The minimum Gasteiger partial charge on any atom is -0.394 e. The molecule has 0 saturated carbocycles. The van der Waals surface area contributed by atoms with Crippen molar-refractivity contribution < 1.29 is 25.2 Å². The Bertz CT molecular complexity index is 447. The molecule has 5 N–H and O–H groups in total. The summed E-state index contributed by atoms with van der Waals surface area (Å²) < 4.78 is 5.35. The Morgan fingerprint density at radius 2 is 1.75 bits per heavy atom. The fourth-order valence-electron chi connectivity index (χ4n) is 2.10. The summed E-state index contributed by atoms with van der Waals surface area (Å²) >= 11 is 0. The molecule has 1 fully saturated rings. The van der Waals surface area contributed by atoms with Gasteiger partial charge in [-0.25, -0.2) is 0 Å². The fraction of sp³-hybridized carbons (Fsp3) is 0.429. The summed E-state index contributed by atoms with van der Waals surface area (Å²) in [5.41, 5.74) is 1.63. The second kappa shape index (κ2) is 6.34. The molecular formula is C14H19NO5. The smallest absolute Gasteiger partial charge is 0.157 e. The average Bonchev–Trinajstić information content (AvgIpc) is 2.48. The topological polar surface area (TPSA) is 102 Å². The quantitative estimate of drug-likeness (QED) is 0.512. The molecule has 2 rings (SSSR count). The van der Waals surface area contributed by atoms with Gasteiger partial charge in [0.1, 0.15) is 24.4 Å². The summed E-state index contributed by atoms with van der Waals surface area (Å²) in [6.07, 6.45) is -4.16. The molecule has 1 aromatic carbocycles. The van der Waals surface area contributed by atoms with Crippen LogP contribution in [-0.4, -0.2) is 57.7 Å². The van der Waals surface area contributed by atoms with Crippen molar-refractivity contribution in [3.63, 3.8) is 0 Å². The third-order valence-corrected chi connectivity index (χ3v) is 3.35. The van der Waals surface area contributed by atoms with Crippen LogP contribution in [0.1, 0.15) is 5.56 Å². The van der Waals surface area contributed by atoms with Crippen molar-refractivity contribution in [2.75, 3.05) is 11.9 Å². The maximum atomic E-state index is 9.89. The lowest BCUT2D eigenvalue weighted by Crippen LogP contribution is -2.60. The van der Waals surface area contributed by atoms with E-state index in [4.69, 9.17) is 9.84 Å². The van der Waals surface area contributed by atoms with E-state index in [2.05, 4.69) is 11.9 Å². The minimum absolute atomic E-state index is 0.446. The maximum absolute atomic E-state index is 9.89. The highest BCUT2D eigenvalue weighted by atomic mass is 16.6. The molecule has 0 aliphatic carbocycles. The number of hydrogen-bond donors (Lipinski definition) is 5. The number of ether oxygens (including phenoxy) is 1. The maximum Gasteiger partial charge on any atom is 0.157 e. The van der Waals surface area contributed by atoms with Crippen LogP contribution < -0.4 is 5.32 Å². The molecule has 0 aromatic heterocycles. The second-order valence-corrected chi connectivity index (χ2v) is 4.72. The van der Waals surface area contributed by atoms with Gasteiger partial charge in [-0.1, -0.05) is 24.8 Å². The number of anilines is 1. The molecule has 20 heavy (non-hydrogen) atoms. The van der Waals surface area contributed by atoms with Crippen LogP contribution in [0.2, 0.25) is 0 Å². The van der Waals surface area contributed by atoms with Crippen molar-refractivity contribution in [3.05, 3.63) is 36.4 Å². The average molecular weight is 281 g/mol. The standard InChI is InChI=1S/C14H19NO5/c1-2-8-3-5-9(6-4-8)15-14-13(19)12(18)11(17)10(7-16)20-14/h2-6,10-19H,1,7H2/t10-,11-,12+,13+,14?/m1/s1. The van der Waals surface area contributed by atoms with Crippen LogP contribution in [0.25, 0.3) is 6.08 Å². The lowest BCUT2D eigenvalue weighted by atomic mass is 9.98. The second-order valence-electron chi connectivity index (χ2n) is 4.72. The molecule has 0 spiro atoms. The monoisotopic (exact) mass is 281 g/mol. The third kappa shape index (κ3) is 3.00. The zero-order chi connectivity index (χ0) is 14.7. The number of benzene rings is 1. The van der Waals surface area contributed by atoms with Gasteiger partial charge in [-0.2, -0.15) is 0 Å². The van der Waals surface area contributed by atoms with Crippen molar-refractivity contribution in [1.82, 2.24) is 0 Å². The third-order valence-electron chi connectivity index (χ3n) is 3.35. The molecule has 6 nitrogen and oxygen atoms in total. The van der Waals surface area contributed by atoms with E-state index in [1.807, 2.05) is 12.1 Å². The van der Waals surface area contributed by atoms with E-state index >= 15 is 0 Å². The SMILES string of the molecule is C=Cc1ccc(NC2O[C@H](CO)[C@@H](O)[C@H](O)[C@@H]2O)cc1. The highest BCUT2D eigenvalue weighted by Gasteiger charge is 2.43. The normalized spacial score (nSPS) is 33.7. The molecule has 1 aliphatic rings. The van der Waals surface area contributed by atoms with Crippen LogP contribution in [0.3, 0.4) is 0 Å². The predicted octanol–water partition coefficient (Wildman–Crippen LogP) is -0.459. The van der Waals surface area contributed by atoms with Gasteiger partial charge >= 0.3 is 0 Å². The van der Waals surface area contributed by atoms with Gasteiger partial charge in [0.25, 0.3) is 0 Å². The van der Waals surface area contributed by atoms with Crippen molar-refractivity contribution in [2.45, 2.75) is 30.6 Å². The van der Waals surface area contributed by atoms with Crippen LogP contribution in [0.5, 0.6) is 0 Å². The van der Waals surface area contributed by atoms with E-state index in [1.54, 1.807) is 18.2 Å². The van der Waals surface area contributed by atoms with Gasteiger partial charge in [-0.3, -0.25) is 0 Å². The Morgan fingerprint density at radius 1 is 1.10 bits per heavy atom. The Morgan fingerprint density at radius 3 is 2.30 bits per heavy atom. The van der Waals surface area contributed by atoms with Crippen molar-refractivity contribution in [2.24, 2.45) is 0 Å². The molecule has 1 aromatic rings. The number of hydrogen-bond acceptors (Lipinski definition) is 6. The lowest BCUT2D eigenvalue weighted by molar-refractivity contribution is -0.221. The number of aliphatic hydroxyl groups is 4. The Kier molecular flexibility index (Phi) is 4.74. The highest BCUT2D eigenvalue weighted by Crippen LogP contribution is 2.23. The predicted molar refractivity (Wildman–Crippen MR) is 73.9 cm³/mol. The van der Waals surface area contributed by atoms with Gasteiger partial charge < -0.3 is 30.5 Å². The molecule has 1 saturated heterocycles. The van der Waals surface area contributed by atoms with E-state index in [9.17, 15) is 15.3 Å². The van der Waals surface area contributed by atoms with Gasteiger partial charge in [0.2, 0.25) is 0 Å². The largest absolute Gasteiger partial charge is 0.394 e. The summed E-state index contributed by atoms with van der Waals surface area (Å²) in [7, 11) is 0. The molecular weight excluding hydrogens is 262 g/mol. The first-order valence-electron chi connectivity index (χ1n) is 6.36. The van der Waals surface area contributed by atoms with Gasteiger partial charge in [-0.15, -0.1) is 0 Å².